The third kappa shape index (κ3) is 3.22. The highest BCUT2D eigenvalue weighted by Crippen LogP contribution is 2.28. The number of ether oxygens (including phenoxy) is 1. The van der Waals surface area contributed by atoms with E-state index in [1.807, 2.05) is 12.1 Å². The largest absolute Gasteiger partial charge is 0.466 e. The zero-order chi connectivity index (χ0) is 17.8. The molecule has 0 radical (unpaired) electrons. The molecule has 25 heavy (non-hydrogen) atoms. The van der Waals surface area contributed by atoms with Gasteiger partial charge in [0.15, 0.2) is 5.82 Å². The molecule has 3 rings (SSSR count). The van der Waals surface area contributed by atoms with Gasteiger partial charge in [-0.15, -0.1) is 0 Å². The van der Waals surface area contributed by atoms with Gasteiger partial charge >= 0.3 is 5.97 Å². The van der Waals surface area contributed by atoms with Gasteiger partial charge in [0, 0.05) is 17.8 Å². The van der Waals surface area contributed by atoms with Crippen LogP contribution in [0.5, 0.6) is 0 Å². The first-order chi connectivity index (χ1) is 12.2. The van der Waals surface area contributed by atoms with Gasteiger partial charge in [-0.05, 0) is 12.1 Å². The van der Waals surface area contributed by atoms with Gasteiger partial charge in [0.1, 0.15) is 12.0 Å². The molecule has 0 saturated carbocycles. The lowest BCUT2D eigenvalue weighted by Crippen LogP contribution is -2.31. The van der Waals surface area contributed by atoms with Crippen molar-refractivity contribution in [1.82, 2.24) is 20.1 Å². The maximum Gasteiger partial charge on any atom is 0.337 e. The van der Waals surface area contributed by atoms with Crippen molar-refractivity contribution in [3.05, 3.63) is 41.9 Å². The van der Waals surface area contributed by atoms with Crippen molar-refractivity contribution in [2.45, 2.75) is 0 Å². The molecule has 9 heteroatoms. The predicted octanol–water partition coefficient (Wildman–Crippen LogP) is 0.145. The minimum atomic E-state index is -0.589. The maximum atomic E-state index is 12.6. The highest BCUT2D eigenvalue weighted by molar-refractivity contribution is 6.09. The Balaban J connectivity index is 1.97. The molecule has 3 N–H and O–H groups in total. The summed E-state index contributed by atoms with van der Waals surface area (Å²) in [5.74, 6) is -0.434. The molecule has 0 bridgehead atoms. The van der Waals surface area contributed by atoms with Crippen molar-refractivity contribution in [2.75, 3.05) is 32.1 Å². The zero-order valence-corrected chi connectivity index (χ0v) is 13.5. The van der Waals surface area contributed by atoms with Gasteiger partial charge in [-0.2, -0.15) is 5.10 Å². The number of carbonyl (C=O) groups is 2. The number of β-amino-alcohol motifs (C(OH)–C–C–N with tert-alkyl or cyclic N) is 1. The molecular weight excluding hydrogens is 326 g/mol. The molecule has 0 saturated heterocycles. The first-order valence-electron chi connectivity index (χ1n) is 7.59. The van der Waals surface area contributed by atoms with E-state index < -0.39 is 5.97 Å². The Labute approximate surface area is 143 Å². The van der Waals surface area contributed by atoms with Crippen LogP contribution in [-0.2, 0) is 14.3 Å². The van der Waals surface area contributed by atoms with Crippen LogP contribution in [0.1, 0.15) is 0 Å². The summed E-state index contributed by atoms with van der Waals surface area (Å²) in [4.78, 5) is 30.1. The topological polar surface area (TPSA) is 120 Å². The Morgan fingerprint density at radius 2 is 2.24 bits per heavy atom. The van der Waals surface area contributed by atoms with Gasteiger partial charge in [0.25, 0.3) is 5.91 Å². The van der Waals surface area contributed by atoms with Gasteiger partial charge < -0.3 is 20.1 Å². The van der Waals surface area contributed by atoms with E-state index >= 15 is 0 Å². The molecule has 1 amide bonds. The third-order valence-corrected chi connectivity index (χ3v) is 3.81. The fourth-order valence-corrected chi connectivity index (χ4v) is 2.62. The van der Waals surface area contributed by atoms with Crippen LogP contribution >= 0.6 is 0 Å². The molecule has 1 aromatic heterocycles. The van der Waals surface area contributed by atoms with E-state index in [-0.39, 0.29) is 36.9 Å². The molecule has 1 aliphatic heterocycles. The summed E-state index contributed by atoms with van der Waals surface area (Å²) < 4.78 is 4.77. The van der Waals surface area contributed by atoms with E-state index in [0.717, 1.165) is 0 Å². The fraction of sp³-hybridized carbons (Fsp3) is 0.250. The molecule has 0 spiro atoms. The normalized spacial score (nSPS) is 14.2. The molecule has 2 heterocycles. The number of aliphatic hydroxyl groups excluding tert-OH is 1. The summed E-state index contributed by atoms with van der Waals surface area (Å²) in [5, 5.41) is 18.7. The lowest BCUT2D eigenvalue weighted by atomic mass is 10.1. The van der Waals surface area contributed by atoms with Crippen molar-refractivity contribution >= 4 is 17.6 Å². The van der Waals surface area contributed by atoms with E-state index in [1.165, 1.54) is 18.3 Å². The second kappa shape index (κ2) is 7.14. The standard InChI is InChI=1S/C16H17N5O4/c1-25-16(24)11-8-21(6-7-22)15(23)13(11)19-12-5-3-2-4-10(12)14-17-9-18-20-14/h2-5,9,19,22H,6-8H2,1H3,(H,17,18,20). The first kappa shape index (κ1) is 16.7. The number of carbonyl (C=O) groups excluding carboxylic acids is 2. The summed E-state index contributed by atoms with van der Waals surface area (Å²) in [7, 11) is 1.26. The van der Waals surface area contributed by atoms with Crippen LogP contribution in [0.25, 0.3) is 11.4 Å². The van der Waals surface area contributed by atoms with E-state index in [1.54, 1.807) is 12.1 Å². The van der Waals surface area contributed by atoms with Crippen LogP contribution in [0.2, 0.25) is 0 Å². The number of nitrogens with one attached hydrogen (secondary N) is 2. The molecule has 1 aromatic carbocycles. The third-order valence-electron chi connectivity index (χ3n) is 3.81. The molecule has 2 aromatic rings. The van der Waals surface area contributed by atoms with E-state index in [0.29, 0.717) is 17.1 Å². The van der Waals surface area contributed by atoms with Gasteiger partial charge in [-0.1, -0.05) is 12.1 Å². The fourth-order valence-electron chi connectivity index (χ4n) is 2.62. The summed E-state index contributed by atoms with van der Waals surface area (Å²) in [6, 6.07) is 7.20. The van der Waals surface area contributed by atoms with Crippen LogP contribution < -0.4 is 5.32 Å². The Bertz CT molecular complexity index is 816. The van der Waals surface area contributed by atoms with Crippen LogP contribution in [0.15, 0.2) is 41.9 Å². The molecule has 130 valence electrons. The van der Waals surface area contributed by atoms with Gasteiger partial charge in [0.2, 0.25) is 0 Å². The lowest BCUT2D eigenvalue weighted by Gasteiger charge is -2.15. The number of methoxy groups -OCH3 is 1. The predicted molar refractivity (Wildman–Crippen MR) is 88.1 cm³/mol. The molecule has 0 aliphatic carbocycles. The number of aromatic nitrogens is 3. The van der Waals surface area contributed by atoms with E-state index in [2.05, 4.69) is 20.5 Å². The van der Waals surface area contributed by atoms with Gasteiger partial charge in [-0.3, -0.25) is 9.89 Å². The summed E-state index contributed by atoms with van der Waals surface area (Å²) in [6.07, 6.45) is 1.38. The first-order valence-corrected chi connectivity index (χ1v) is 7.59. The van der Waals surface area contributed by atoms with Crippen molar-refractivity contribution in [1.29, 1.82) is 0 Å². The minimum absolute atomic E-state index is 0.0822. The number of benzene rings is 1. The van der Waals surface area contributed by atoms with Gasteiger partial charge in [-0.25, -0.2) is 9.78 Å². The Kier molecular flexibility index (Phi) is 4.75. The number of para-hydroxylation sites is 1. The lowest BCUT2D eigenvalue weighted by molar-refractivity contribution is -0.136. The van der Waals surface area contributed by atoms with Crippen molar-refractivity contribution < 1.29 is 19.4 Å². The number of esters is 1. The number of nitrogens with zero attached hydrogens (tertiary/aromatic N) is 3. The van der Waals surface area contributed by atoms with Crippen LogP contribution in [0.3, 0.4) is 0 Å². The molecule has 0 fully saturated rings. The number of aliphatic hydroxyl groups is 1. The maximum absolute atomic E-state index is 12.6. The number of H-pyrrole nitrogens is 1. The van der Waals surface area contributed by atoms with Crippen LogP contribution in [0, 0.1) is 0 Å². The number of amides is 1. The molecule has 0 atom stereocenters. The number of anilines is 1. The zero-order valence-electron chi connectivity index (χ0n) is 13.5. The second-order valence-electron chi connectivity index (χ2n) is 5.30. The highest BCUT2D eigenvalue weighted by atomic mass is 16.5. The van der Waals surface area contributed by atoms with Crippen molar-refractivity contribution in [3.63, 3.8) is 0 Å². The quantitative estimate of drug-likeness (QED) is 0.638. The number of rotatable bonds is 6. The molecule has 9 nitrogen and oxygen atoms in total. The monoisotopic (exact) mass is 343 g/mol. The average molecular weight is 343 g/mol. The van der Waals surface area contributed by atoms with Gasteiger partial charge in [0.05, 0.1) is 25.8 Å². The molecule has 0 unspecified atom stereocenters. The Hall–Kier alpha value is -3.20. The Morgan fingerprint density at radius 3 is 2.92 bits per heavy atom. The molecular formula is C16H17N5O4. The number of hydrogen-bond donors (Lipinski definition) is 3. The number of aromatic amines is 1. The van der Waals surface area contributed by atoms with Crippen LogP contribution in [0.4, 0.5) is 5.69 Å². The smallest absolute Gasteiger partial charge is 0.337 e. The summed E-state index contributed by atoms with van der Waals surface area (Å²) >= 11 is 0. The molecule has 1 aliphatic rings. The second-order valence-corrected chi connectivity index (χ2v) is 5.30. The van der Waals surface area contributed by atoms with E-state index in [9.17, 15) is 9.59 Å². The minimum Gasteiger partial charge on any atom is -0.466 e. The Morgan fingerprint density at radius 1 is 1.44 bits per heavy atom. The van der Waals surface area contributed by atoms with Crippen LogP contribution in [-0.4, -0.2) is 63.9 Å². The SMILES string of the molecule is COC(=O)C1=C(Nc2ccccc2-c2ncn[nH]2)C(=O)N(CCO)C1. The average Bonchev–Trinajstić information content (AvgIpc) is 3.26. The summed E-state index contributed by atoms with van der Waals surface area (Å²) in [6.45, 7) is 0.0231. The van der Waals surface area contributed by atoms with Crippen molar-refractivity contribution in [3.8, 4) is 11.4 Å². The highest BCUT2D eigenvalue weighted by Gasteiger charge is 2.34. The van der Waals surface area contributed by atoms with E-state index in [4.69, 9.17) is 9.84 Å². The summed E-state index contributed by atoms with van der Waals surface area (Å²) in [5.41, 5.74) is 1.64. The number of hydrogen-bond acceptors (Lipinski definition) is 7. The van der Waals surface area contributed by atoms with Crippen molar-refractivity contribution in [2.24, 2.45) is 0 Å².